The minimum absolute atomic E-state index is 0.0706. The Kier molecular flexibility index (Phi) is 7.45. The van der Waals surface area contributed by atoms with Crippen LogP contribution in [0.1, 0.15) is 43.5 Å². The van der Waals surface area contributed by atoms with Crippen molar-refractivity contribution in [1.82, 2.24) is 14.1 Å². The molecule has 3 N–H and O–H groups in total. The van der Waals surface area contributed by atoms with Gasteiger partial charge in [0, 0.05) is 43.9 Å². The molecule has 35 heavy (non-hydrogen) atoms. The lowest BCUT2D eigenvalue weighted by Gasteiger charge is -2.31. The second-order valence-corrected chi connectivity index (χ2v) is 8.79. The third kappa shape index (κ3) is 5.19. The number of hydrogen-bond donors (Lipinski definition) is 2. The normalized spacial score (nSPS) is 16.2. The monoisotopic (exact) mass is 476 g/mol. The van der Waals surface area contributed by atoms with Crippen molar-refractivity contribution in [2.75, 3.05) is 23.3 Å². The SMILES string of the molecule is C/C=C/Cn1c(N2CCCC(N)C2)nc2ccn(CC(=O)c3ccccc3NC(=O)CC)c(=O)c21. The predicted molar refractivity (Wildman–Crippen MR) is 138 cm³/mol. The van der Waals surface area contributed by atoms with Gasteiger partial charge in [0.15, 0.2) is 5.78 Å². The van der Waals surface area contributed by atoms with Gasteiger partial charge in [0.1, 0.15) is 5.52 Å². The number of rotatable bonds is 8. The minimum atomic E-state index is -0.282. The van der Waals surface area contributed by atoms with Crippen LogP contribution in [0.15, 0.2) is 53.5 Å². The number of carbonyl (C=O) groups excluding carboxylic acids is 2. The standard InChI is InChI=1S/C26H32N6O3/c1-3-5-14-32-24-21(29-26(32)31-13-8-9-18(27)16-31)12-15-30(25(24)35)17-22(33)19-10-6-7-11-20(19)28-23(34)4-2/h3,5-7,10-12,15,18H,4,8-9,13-14,16-17,27H2,1-2H3,(H,28,34)/b5-3+. The zero-order valence-corrected chi connectivity index (χ0v) is 20.2. The van der Waals surface area contributed by atoms with Gasteiger partial charge in [-0.3, -0.25) is 14.4 Å². The molecule has 9 nitrogen and oxygen atoms in total. The van der Waals surface area contributed by atoms with Crippen molar-refractivity contribution in [2.24, 2.45) is 5.73 Å². The molecule has 4 rings (SSSR count). The average Bonchev–Trinajstić information content (AvgIpc) is 3.24. The van der Waals surface area contributed by atoms with Crippen LogP contribution >= 0.6 is 0 Å². The summed E-state index contributed by atoms with van der Waals surface area (Å²) in [4.78, 5) is 45.5. The quantitative estimate of drug-likeness (QED) is 0.382. The number of allylic oxidation sites excluding steroid dienone is 2. The van der Waals surface area contributed by atoms with E-state index in [0.717, 1.165) is 25.3 Å². The molecule has 1 aliphatic rings. The Labute approximate surface area is 204 Å². The molecule has 3 heterocycles. The van der Waals surface area contributed by atoms with Gasteiger partial charge in [-0.05, 0) is 38.0 Å². The molecule has 1 atom stereocenters. The van der Waals surface area contributed by atoms with Gasteiger partial charge < -0.3 is 25.1 Å². The number of benzene rings is 1. The summed E-state index contributed by atoms with van der Waals surface area (Å²) in [6.45, 7) is 5.55. The number of carbonyl (C=O) groups is 2. The van der Waals surface area contributed by atoms with Crippen LogP contribution in [0.3, 0.4) is 0 Å². The van der Waals surface area contributed by atoms with Crippen LogP contribution in [-0.2, 0) is 17.9 Å². The van der Waals surface area contributed by atoms with E-state index < -0.39 is 0 Å². The van der Waals surface area contributed by atoms with E-state index in [0.29, 0.717) is 41.8 Å². The number of piperidine rings is 1. The Hall–Kier alpha value is -3.72. The number of pyridine rings is 1. The first-order valence-corrected chi connectivity index (χ1v) is 12.1. The first kappa shape index (κ1) is 24.4. The predicted octanol–water partition coefficient (Wildman–Crippen LogP) is 2.93. The molecule has 1 unspecified atom stereocenters. The Bertz CT molecular complexity index is 1320. The van der Waals surface area contributed by atoms with Crippen molar-refractivity contribution in [3.8, 4) is 0 Å². The van der Waals surface area contributed by atoms with Gasteiger partial charge in [-0.1, -0.05) is 31.2 Å². The molecular weight excluding hydrogens is 444 g/mol. The van der Waals surface area contributed by atoms with Gasteiger partial charge in [-0.15, -0.1) is 0 Å². The van der Waals surface area contributed by atoms with Gasteiger partial charge in [-0.2, -0.15) is 0 Å². The zero-order chi connectivity index (χ0) is 24.9. The van der Waals surface area contributed by atoms with Crippen LogP contribution in [0.4, 0.5) is 11.6 Å². The van der Waals surface area contributed by atoms with Gasteiger partial charge in [0.25, 0.3) is 5.56 Å². The maximum absolute atomic E-state index is 13.6. The maximum Gasteiger partial charge on any atom is 0.277 e. The van der Waals surface area contributed by atoms with Crippen LogP contribution in [0.2, 0.25) is 0 Å². The third-order valence-electron chi connectivity index (χ3n) is 6.25. The minimum Gasteiger partial charge on any atom is -0.341 e. The molecule has 1 fully saturated rings. The number of amides is 1. The summed E-state index contributed by atoms with van der Waals surface area (Å²) in [5.74, 6) is 0.281. The van der Waals surface area contributed by atoms with E-state index >= 15 is 0 Å². The van der Waals surface area contributed by atoms with Crippen LogP contribution in [-0.4, -0.2) is 44.9 Å². The summed E-state index contributed by atoms with van der Waals surface area (Å²) in [6, 6.07) is 8.69. The number of imidazole rings is 1. The van der Waals surface area contributed by atoms with Crippen LogP contribution < -0.4 is 21.5 Å². The van der Waals surface area contributed by atoms with E-state index in [9.17, 15) is 14.4 Å². The van der Waals surface area contributed by atoms with Crippen molar-refractivity contribution in [1.29, 1.82) is 0 Å². The Morgan fingerprint density at radius 3 is 2.80 bits per heavy atom. The molecule has 1 saturated heterocycles. The molecule has 1 amide bonds. The topological polar surface area (TPSA) is 115 Å². The van der Waals surface area contributed by atoms with Gasteiger partial charge in [0.05, 0.1) is 17.7 Å². The molecule has 0 aliphatic carbocycles. The van der Waals surface area contributed by atoms with Gasteiger partial charge >= 0.3 is 0 Å². The summed E-state index contributed by atoms with van der Waals surface area (Å²) in [5, 5.41) is 2.76. The highest BCUT2D eigenvalue weighted by atomic mass is 16.2. The van der Waals surface area contributed by atoms with Crippen molar-refractivity contribution in [3.63, 3.8) is 0 Å². The van der Waals surface area contributed by atoms with Crippen molar-refractivity contribution in [2.45, 2.75) is 52.2 Å². The Balaban J connectivity index is 1.71. The number of aromatic nitrogens is 3. The van der Waals surface area contributed by atoms with E-state index in [-0.39, 0.29) is 29.8 Å². The number of ketones is 1. The van der Waals surface area contributed by atoms with Crippen molar-refractivity contribution in [3.05, 3.63) is 64.6 Å². The van der Waals surface area contributed by atoms with E-state index in [2.05, 4.69) is 10.2 Å². The Morgan fingerprint density at radius 1 is 1.26 bits per heavy atom. The summed E-state index contributed by atoms with van der Waals surface area (Å²) in [6.07, 6.45) is 7.77. The van der Waals surface area contributed by atoms with Crippen LogP contribution in [0.5, 0.6) is 0 Å². The maximum atomic E-state index is 13.6. The number of Topliss-reactive ketones (excluding diaryl/α,β-unsaturated/α-hetero) is 1. The number of nitrogens with zero attached hydrogens (tertiary/aromatic N) is 4. The van der Waals surface area contributed by atoms with Crippen LogP contribution in [0.25, 0.3) is 11.0 Å². The van der Waals surface area contributed by atoms with Crippen LogP contribution in [0, 0.1) is 0 Å². The molecule has 0 bridgehead atoms. The summed E-state index contributed by atoms with van der Waals surface area (Å²) in [7, 11) is 0. The summed E-state index contributed by atoms with van der Waals surface area (Å²) in [5.41, 5.74) is 7.78. The number of nitrogens with one attached hydrogen (secondary N) is 1. The zero-order valence-electron chi connectivity index (χ0n) is 20.2. The van der Waals surface area contributed by atoms with E-state index in [1.54, 1.807) is 43.5 Å². The number of para-hydroxylation sites is 1. The highest BCUT2D eigenvalue weighted by Crippen LogP contribution is 2.24. The molecule has 2 aromatic heterocycles. The first-order chi connectivity index (χ1) is 16.9. The van der Waals surface area contributed by atoms with Gasteiger partial charge in [0.2, 0.25) is 11.9 Å². The fourth-order valence-electron chi connectivity index (χ4n) is 4.42. The van der Waals surface area contributed by atoms with E-state index in [1.165, 1.54) is 4.57 Å². The number of fused-ring (bicyclic) bond motifs is 1. The molecule has 9 heteroatoms. The fourth-order valence-corrected chi connectivity index (χ4v) is 4.42. The summed E-state index contributed by atoms with van der Waals surface area (Å²) < 4.78 is 3.31. The molecule has 3 aromatic rings. The highest BCUT2D eigenvalue weighted by molar-refractivity contribution is 6.04. The largest absolute Gasteiger partial charge is 0.341 e. The lowest BCUT2D eigenvalue weighted by Crippen LogP contribution is -2.44. The molecular formula is C26H32N6O3. The summed E-state index contributed by atoms with van der Waals surface area (Å²) >= 11 is 0. The smallest absolute Gasteiger partial charge is 0.277 e. The third-order valence-corrected chi connectivity index (χ3v) is 6.25. The van der Waals surface area contributed by atoms with Crippen molar-refractivity contribution >= 4 is 34.4 Å². The van der Waals surface area contributed by atoms with Crippen molar-refractivity contribution < 1.29 is 9.59 Å². The van der Waals surface area contributed by atoms with Gasteiger partial charge in [-0.25, -0.2) is 4.98 Å². The Morgan fingerprint density at radius 2 is 2.06 bits per heavy atom. The first-order valence-electron chi connectivity index (χ1n) is 12.1. The average molecular weight is 477 g/mol. The van der Waals surface area contributed by atoms with E-state index in [4.69, 9.17) is 10.7 Å². The lowest BCUT2D eigenvalue weighted by molar-refractivity contribution is -0.115. The number of anilines is 2. The number of hydrogen-bond acceptors (Lipinski definition) is 6. The highest BCUT2D eigenvalue weighted by Gasteiger charge is 2.24. The molecule has 1 aromatic carbocycles. The number of nitrogens with two attached hydrogens (primary N) is 1. The second kappa shape index (κ2) is 10.7. The molecule has 1 aliphatic heterocycles. The molecule has 0 radical (unpaired) electrons. The lowest BCUT2D eigenvalue weighted by atomic mass is 10.1. The molecule has 184 valence electrons. The second-order valence-electron chi connectivity index (χ2n) is 8.79. The molecule has 0 saturated carbocycles. The molecule has 0 spiro atoms. The van der Waals surface area contributed by atoms with E-state index in [1.807, 2.05) is 23.6 Å². The fraction of sp³-hybridized carbons (Fsp3) is 0.385.